The van der Waals surface area contributed by atoms with E-state index in [1.807, 2.05) is 13.8 Å². The number of carboxylic acids is 1. The maximum Gasteiger partial charge on any atom is 0.341 e. The van der Waals surface area contributed by atoms with Crippen molar-refractivity contribution in [2.24, 2.45) is 0 Å². The summed E-state index contributed by atoms with van der Waals surface area (Å²) >= 11 is 0. The number of aromatic carboxylic acids is 1. The third kappa shape index (κ3) is 2.86. The average Bonchev–Trinajstić information content (AvgIpc) is 2.46. The van der Waals surface area contributed by atoms with Crippen LogP contribution in [-0.2, 0) is 0 Å². The zero-order valence-corrected chi connectivity index (χ0v) is 11.8. The lowest BCUT2D eigenvalue weighted by atomic mass is 10.1. The summed E-state index contributed by atoms with van der Waals surface area (Å²) in [7, 11) is 0. The quantitative estimate of drug-likeness (QED) is 0.939. The van der Waals surface area contributed by atoms with E-state index >= 15 is 0 Å². The molecule has 1 N–H and O–H groups in total. The third-order valence-corrected chi connectivity index (χ3v) is 3.52. The molecule has 110 valence electrons. The second-order valence-corrected chi connectivity index (χ2v) is 4.88. The van der Waals surface area contributed by atoms with E-state index in [1.165, 1.54) is 22.8 Å². The largest absolute Gasteiger partial charge is 0.477 e. The molecule has 0 fully saturated rings. The lowest BCUT2D eigenvalue weighted by Gasteiger charge is -2.19. The Morgan fingerprint density at radius 2 is 1.86 bits per heavy atom. The van der Waals surface area contributed by atoms with Crippen molar-refractivity contribution in [2.45, 2.75) is 26.3 Å². The highest BCUT2D eigenvalue weighted by molar-refractivity contribution is 5.87. The van der Waals surface area contributed by atoms with Gasteiger partial charge in [-0.1, -0.05) is 6.92 Å². The Morgan fingerprint density at radius 3 is 2.38 bits per heavy atom. The first kappa shape index (κ1) is 15.0. The van der Waals surface area contributed by atoms with Crippen LogP contribution in [0.2, 0.25) is 0 Å². The fourth-order valence-electron chi connectivity index (χ4n) is 2.19. The Balaban J connectivity index is 2.71. The molecule has 0 radical (unpaired) electrons. The van der Waals surface area contributed by atoms with Gasteiger partial charge in [-0.3, -0.25) is 4.79 Å². The minimum Gasteiger partial charge on any atom is -0.477 e. The molecule has 0 saturated heterocycles. The smallest absolute Gasteiger partial charge is 0.341 e. The minimum absolute atomic E-state index is 0.156. The van der Waals surface area contributed by atoms with E-state index in [-0.39, 0.29) is 17.4 Å². The van der Waals surface area contributed by atoms with Gasteiger partial charge in [-0.2, -0.15) is 0 Å². The van der Waals surface area contributed by atoms with Crippen LogP contribution in [-0.4, -0.2) is 15.6 Å². The van der Waals surface area contributed by atoms with E-state index in [1.54, 1.807) is 18.2 Å². The Labute approximate surface area is 121 Å². The van der Waals surface area contributed by atoms with Gasteiger partial charge in [-0.25, -0.2) is 9.18 Å². The molecular weight excluding hydrogens is 273 g/mol. The molecule has 1 unspecified atom stereocenters. The van der Waals surface area contributed by atoms with Crippen LogP contribution in [0.5, 0.6) is 0 Å². The number of carboxylic acid groups (broad SMARTS) is 1. The number of carbonyl (C=O) groups is 1. The second-order valence-electron chi connectivity index (χ2n) is 4.88. The van der Waals surface area contributed by atoms with E-state index in [0.717, 1.165) is 0 Å². The van der Waals surface area contributed by atoms with Gasteiger partial charge in [0.1, 0.15) is 11.4 Å². The van der Waals surface area contributed by atoms with E-state index in [4.69, 9.17) is 5.11 Å². The summed E-state index contributed by atoms with van der Waals surface area (Å²) in [5.74, 6) is -1.61. The molecule has 0 amide bonds. The predicted octanol–water partition coefficient (Wildman–Crippen LogP) is 3.32. The van der Waals surface area contributed by atoms with Crippen molar-refractivity contribution < 1.29 is 14.3 Å². The normalized spacial score (nSPS) is 12.1. The zero-order chi connectivity index (χ0) is 15.6. The van der Waals surface area contributed by atoms with Crippen LogP contribution in [0, 0.1) is 5.82 Å². The first-order valence-corrected chi connectivity index (χ1v) is 6.70. The minimum atomic E-state index is -1.25. The van der Waals surface area contributed by atoms with Gasteiger partial charge >= 0.3 is 5.97 Å². The summed E-state index contributed by atoms with van der Waals surface area (Å²) in [6.45, 7) is 3.76. The maximum atomic E-state index is 13.0. The topological polar surface area (TPSA) is 59.3 Å². The summed E-state index contributed by atoms with van der Waals surface area (Å²) in [6, 6.07) is 8.49. The van der Waals surface area contributed by atoms with E-state index in [0.29, 0.717) is 17.7 Å². The molecule has 2 rings (SSSR count). The maximum absolute atomic E-state index is 13.0. The molecule has 1 heterocycles. The Kier molecular flexibility index (Phi) is 4.21. The molecule has 2 aromatic rings. The van der Waals surface area contributed by atoms with Crippen molar-refractivity contribution in [3.05, 3.63) is 58.1 Å². The Hall–Kier alpha value is -2.43. The molecule has 4 nitrogen and oxygen atoms in total. The molecule has 1 aromatic carbocycles. The van der Waals surface area contributed by atoms with E-state index in [2.05, 4.69) is 0 Å². The van der Waals surface area contributed by atoms with Crippen LogP contribution in [0.15, 0.2) is 41.2 Å². The molecule has 21 heavy (non-hydrogen) atoms. The number of rotatable bonds is 4. The molecule has 5 heteroatoms. The van der Waals surface area contributed by atoms with E-state index < -0.39 is 11.5 Å². The van der Waals surface area contributed by atoms with Crippen molar-refractivity contribution in [1.29, 1.82) is 0 Å². The van der Waals surface area contributed by atoms with Crippen LogP contribution in [0.1, 0.15) is 36.7 Å². The number of halogens is 1. The summed E-state index contributed by atoms with van der Waals surface area (Å²) in [5, 5.41) is 9.08. The number of benzene rings is 1. The molecule has 0 aliphatic heterocycles. The molecule has 0 aliphatic rings. The van der Waals surface area contributed by atoms with Crippen LogP contribution >= 0.6 is 0 Å². The van der Waals surface area contributed by atoms with Gasteiger partial charge in [-0.15, -0.1) is 0 Å². The van der Waals surface area contributed by atoms with Crippen molar-refractivity contribution in [3.63, 3.8) is 0 Å². The monoisotopic (exact) mass is 289 g/mol. The first-order chi connectivity index (χ1) is 9.95. The van der Waals surface area contributed by atoms with Gasteiger partial charge in [0.25, 0.3) is 5.56 Å². The van der Waals surface area contributed by atoms with Crippen LogP contribution in [0.4, 0.5) is 4.39 Å². The highest BCUT2D eigenvalue weighted by Crippen LogP contribution is 2.23. The van der Waals surface area contributed by atoms with Crippen LogP contribution in [0.3, 0.4) is 0 Å². The fraction of sp³-hybridized carbons (Fsp3) is 0.250. The lowest BCUT2D eigenvalue weighted by molar-refractivity contribution is 0.0694. The van der Waals surface area contributed by atoms with Gasteiger partial charge in [0.2, 0.25) is 0 Å². The standard InChI is InChI=1S/C16H16FNO3/c1-3-10(2)18-14(11-4-6-12(17)7-5-11)9-8-13(15(18)19)16(20)21/h4-10H,3H2,1-2H3,(H,20,21). The Bertz CT molecular complexity index is 719. The zero-order valence-electron chi connectivity index (χ0n) is 11.8. The summed E-state index contributed by atoms with van der Waals surface area (Å²) in [6.07, 6.45) is 0.678. The highest BCUT2D eigenvalue weighted by Gasteiger charge is 2.17. The first-order valence-electron chi connectivity index (χ1n) is 6.70. The van der Waals surface area contributed by atoms with Gasteiger partial charge in [0.15, 0.2) is 0 Å². The van der Waals surface area contributed by atoms with Gasteiger partial charge in [0.05, 0.1) is 5.69 Å². The van der Waals surface area contributed by atoms with Crippen molar-refractivity contribution in [3.8, 4) is 11.3 Å². The third-order valence-electron chi connectivity index (χ3n) is 3.52. The summed E-state index contributed by atoms with van der Waals surface area (Å²) in [5.41, 5.74) is 0.449. The molecule has 0 aliphatic carbocycles. The van der Waals surface area contributed by atoms with Crippen molar-refractivity contribution in [2.75, 3.05) is 0 Å². The number of aromatic nitrogens is 1. The number of hydrogen-bond acceptors (Lipinski definition) is 2. The average molecular weight is 289 g/mol. The number of nitrogens with zero attached hydrogens (tertiary/aromatic N) is 1. The van der Waals surface area contributed by atoms with Gasteiger partial charge < -0.3 is 9.67 Å². The van der Waals surface area contributed by atoms with Gasteiger partial charge in [0, 0.05) is 6.04 Å². The molecule has 1 aromatic heterocycles. The molecule has 0 bridgehead atoms. The fourth-order valence-corrected chi connectivity index (χ4v) is 2.19. The van der Waals surface area contributed by atoms with Crippen LogP contribution < -0.4 is 5.56 Å². The number of pyridine rings is 1. The summed E-state index contributed by atoms with van der Waals surface area (Å²) < 4.78 is 14.5. The number of hydrogen-bond donors (Lipinski definition) is 1. The second kappa shape index (κ2) is 5.91. The molecule has 0 spiro atoms. The highest BCUT2D eigenvalue weighted by atomic mass is 19.1. The molecule has 0 saturated carbocycles. The van der Waals surface area contributed by atoms with E-state index in [9.17, 15) is 14.0 Å². The molecule has 1 atom stereocenters. The predicted molar refractivity (Wildman–Crippen MR) is 78.1 cm³/mol. The van der Waals surface area contributed by atoms with Gasteiger partial charge in [-0.05, 0) is 55.3 Å². The van der Waals surface area contributed by atoms with Crippen molar-refractivity contribution >= 4 is 5.97 Å². The molecular formula is C16H16FNO3. The van der Waals surface area contributed by atoms with Crippen molar-refractivity contribution in [1.82, 2.24) is 4.57 Å². The Morgan fingerprint density at radius 1 is 1.24 bits per heavy atom. The summed E-state index contributed by atoms with van der Waals surface area (Å²) in [4.78, 5) is 23.5. The van der Waals surface area contributed by atoms with Crippen LogP contribution in [0.25, 0.3) is 11.3 Å². The lowest BCUT2D eigenvalue weighted by Crippen LogP contribution is -2.29. The SMILES string of the molecule is CCC(C)n1c(-c2ccc(F)cc2)ccc(C(=O)O)c1=O.